The Bertz CT molecular complexity index is 354. The molecule has 0 fully saturated rings. The Hall–Kier alpha value is -0.730. The average molecular weight is 363 g/mol. The molecule has 0 bridgehead atoms. The summed E-state index contributed by atoms with van der Waals surface area (Å²) in [5, 5.41) is 48.2. The van der Waals surface area contributed by atoms with E-state index in [2.05, 4.69) is 6.92 Å². The lowest BCUT2D eigenvalue weighted by Crippen LogP contribution is -2.60. The van der Waals surface area contributed by atoms with Crippen molar-refractivity contribution < 1.29 is 30.3 Å². The van der Waals surface area contributed by atoms with Gasteiger partial charge in [-0.2, -0.15) is 0 Å². The summed E-state index contributed by atoms with van der Waals surface area (Å²) in [5.74, 6) is -1.15. The third-order valence-electron chi connectivity index (χ3n) is 4.73. The van der Waals surface area contributed by atoms with Crippen LogP contribution in [-0.4, -0.2) is 62.0 Å². The molecule has 150 valence electrons. The molecular weight excluding hydrogens is 326 g/mol. The lowest BCUT2D eigenvalue weighted by atomic mass is 9.85. The first-order valence-corrected chi connectivity index (χ1v) is 9.48. The summed E-state index contributed by atoms with van der Waals surface area (Å²) in [5.41, 5.74) is 2.84. The normalized spacial score (nSPS) is 17.7. The molecule has 25 heavy (non-hydrogen) atoms. The Kier molecular flexibility index (Phi) is 13.1. The van der Waals surface area contributed by atoms with Gasteiger partial charge in [0.1, 0.15) is 18.3 Å². The van der Waals surface area contributed by atoms with E-state index in [1.54, 1.807) is 0 Å². The van der Waals surface area contributed by atoms with Gasteiger partial charge < -0.3 is 31.3 Å². The van der Waals surface area contributed by atoms with Gasteiger partial charge in [-0.05, 0) is 12.8 Å². The van der Waals surface area contributed by atoms with Gasteiger partial charge in [-0.1, -0.05) is 64.7 Å². The number of aliphatic hydroxyl groups is 5. The van der Waals surface area contributed by atoms with Crippen LogP contribution in [0, 0.1) is 0 Å². The number of rotatable bonds is 16. The fraction of sp³-hybridized carbons (Fsp3) is 0.944. The molecule has 7 nitrogen and oxygen atoms in total. The summed E-state index contributed by atoms with van der Waals surface area (Å²) in [6, 6.07) is 0. The number of nitrogens with two attached hydrogens (primary N) is 1. The molecule has 7 heteroatoms. The minimum Gasteiger partial charge on any atom is -0.394 e. The van der Waals surface area contributed by atoms with E-state index in [1.807, 2.05) is 0 Å². The van der Waals surface area contributed by atoms with Crippen LogP contribution in [0.15, 0.2) is 0 Å². The highest BCUT2D eigenvalue weighted by molar-refractivity contribution is 5.84. The summed E-state index contributed by atoms with van der Waals surface area (Å²) < 4.78 is 0. The molecule has 0 radical (unpaired) electrons. The molecule has 0 saturated heterocycles. The number of carbonyl (C=O) groups is 1. The van der Waals surface area contributed by atoms with Crippen LogP contribution in [0.1, 0.15) is 77.6 Å². The van der Waals surface area contributed by atoms with Crippen molar-refractivity contribution in [3.8, 4) is 0 Å². The molecular formula is C18H37NO6. The van der Waals surface area contributed by atoms with Crippen LogP contribution in [0.4, 0.5) is 0 Å². The van der Waals surface area contributed by atoms with Crippen molar-refractivity contribution in [2.45, 2.75) is 101 Å². The summed E-state index contributed by atoms with van der Waals surface area (Å²) >= 11 is 0. The number of primary amides is 1. The molecule has 0 aromatic rings. The number of aliphatic hydroxyl groups excluding tert-OH is 4. The second-order valence-electron chi connectivity index (χ2n) is 6.91. The number of amides is 1. The summed E-state index contributed by atoms with van der Waals surface area (Å²) in [7, 11) is 0. The van der Waals surface area contributed by atoms with Crippen LogP contribution < -0.4 is 5.73 Å². The highest BCUT2D eigenvalue weighted by atomic mass is 16.4. The molecule has 1 amide bonds. The Balaban J connectivity index is 4.13. The lowest BCUT2D eigenvalue weighted by Gasteiger charge is -2.34. The van der Waals surface area contributed by atoms with Crippen LogP contribution in [0.3, 0.4) is 0 Å². The number of hydrogen-bond donors (Lipinski definition) is 6. The highest BCUT2D eigenvalue weighted by Crippen LogP contribution is 2.23. The Morgan fingerprint density at radius 3 is 1.76 bits per heavy atom. The van der Waals surface area contributed by atoms with Gasteiger partial charge in [-0.3, -0.25) is 4.79 Å². The zero-order valence-corrected chi connectivity index (χ0v) is 15.4. The zero-order chi connectivity index (χ0) is 19.3. The van der Waals surface area contributed by atoms with Gasteiger partial charge in [-0.15, -0.1) is 0 Å². The molecule has 0 aromatic carbocycles. The molecule has 0 aromatic heterocycles. The van der Waals surface area contributed by atoms with E-state index in [1.165, 1.54) is 32.1 Å². The quantitative estimate of drug-likeness (QED) is 0.221. The van der Waals surface area contributed by atoms with E-state index in [0.29, 0.717) is 6.42 Å². The molecule has 0 rings (SSSR count). The van der Waals surface area contributed by atoms with Gasteiger partial charge in [0.15, 0.2) is 5.60 Å². The molecule has 0 aliphatic rings. The number of carbonyl (C=O) groups excluding carboxylic acids is 1. The van der Waals surface area contributed by atoms with E-state index in [9.17, 15) is 25.2 Å². The van der Waals surface area contributed by atoms with Crippen molar-refractivity contribution in [2.24, 2.45) is 5.73 Å². The lowest BCUT2D eigenvalue weighted by molar-refractivity contribution is -0.175. The van der Waals surface area contributed by atoms with Crippen LogP contribution in [-0.2, 0) is 4.79 Å². The van der Waals surface area contributed by atoms with Gasteiger partial charge in [0, 0.05) is 0 Å². The Morgan fingerprint density at radius 1 is 0.920 bits per heavy atom. The second kappa shape index (κ2) is 13.5. The molecule has 0 spiro atoms. The minimum absolute atomic E-state index is 0.102. The standard InChI is InChI=1S/C18H37NO6/c1-2-3-4-5-6-7-8-9-10-11-12-18(25,17(19)24)16(23)15(22)14(21)13-20/h14-16,20-23,25H,2-13H2,1H3,(H2,19,24). The van der Waals surface area contributed by atoms with E-state index in [4.69, 9.17) is 10.8 Å². The van der Waals surface area contributed by atoms with Gasteiger partial charge in [0.25, 0.3) is 5.91 Å². The van der Waals surface area contributed by atoms with Crippen molar-refractivity contribution in [2.75, 3.05) is 6.61 Å². The average Bonchev–Trinajstić information content (AvgIpc) is 2.60. The van der Waals surface area contributed by atoms with Crippen LogP contribution in [0.5, 0.6) is 0 Å². The van der Waals surface area contributed by atoms with E-state index in [-0.39, 0.29) is 6.42 Å². The maximum atomic E-state index is 11.5. The van der Waals surface area contributed by atoms with Gasteiger partial charge in [0.2, 0.25) is 0 Å². The van der Waals surface area contributed by atoms with Crippen LogP contribution >= 0.6 is 0 Å². The van der Waals surface area contributed by atoms with Crippen LogP contribution in [0.25, 0.3) is 0 Å². The number of unbranched alkanes of at least 4 members (excludes halogenated alkanes) is 9. The third-order valence-corrected chi connectivity index (χ3v) is 4.73. The van der Waals surface area contributed by atoms with E-state index in [0.717, 1.165) is 25.7 Å². The fourth-order valence-electron chi connectivity index (χ4n) is 2.90. The maximum Gasteiger partial charge on any atom is 0.252 e. The predicted octanol–water partition coefficient (Wildman–Crippen LogP) is 0.589. The van der Waals surface area contributed by atoms with E-state index < -0.39 is 36.4 Å². The monoisotopic (exact) mass is 363 g/mol. The molecule has 0 aliphatic heterocycles. The predicted molar refractivity (Wildman–Crippen MR) is 95.7 cm³/mol. The molecule has 7 N–H and O–H groups in total. The summed E-state index contributed by atoms with van der Waals surface area (Å²) in [6.07, 6.45) is 5.14. The van der Waals surface area contributed by atoms with E-state index >= 15 is 0 Å². The fourth-order valence-corrected chi connectivity index (χ4v) is 2.90. The first-order valence-electron chi connectivity index (χ1n) is 9.48. The molecule has 0 heterocycles. The molecule has 0 aliphatic carbocycles. The van der Waals surface area contributed by atoms with Gasteiger partial charge >= 0.3 is 0 Å². The second-order valence-corrected chi connectivity index (χ2v) is 6.91. The summed E-state index contributed by atoms with van der Waals surface area (Å²) in [4.78, 5) is 11.5. The van der Waals surface area contributed by atoms with Gasteiger partial charge in [0.05, 0.1) is 6.61 Å². The minimum atomic E-state index is -2.32. The molecule has 4 atom stereocenters. The van der Waals surface area contributed by atoms with Crippen LogP contribution in [0.2, 0.25) is 0 Å². The SMILES string of the molecule is CCCCCCCCCCCCC(O)(C(N)=O)C(O)C(O)C(O)CO. The first-order chi connectivity index (χ1) is 11.8. The smallest absolute Gasteiger partial charge is 0.252 e. The Labute approximate surface area is 150 Å². The van der Waals surface area contributed by atoms with Crippen molar-refractivity contribution in [1.29, 1.82) is 0 Å². The topological polar surface area (TPSA) is 144 Å². The van der Waals surface area contributed by atoms with Crippen molar-refractivity contribution in [1.82, 2.24) is 0 Å². The van der Waals surface area contributed by atoms with Crippen molar-refractivity contribution in [3.05, 3.63) is 0 Å². The molecule has 0 saturated carbocycles. The zero-order valence-electron chi connectivity index (χ0n) is 15.4. The van der Waals surface area contributed by atoms with Gasteiger partial charge in [-0.25, -0.2) is 0 Å². The third kappa shape index (κ3) is 8.96. The van der Waals surface area contributed by atoms with Crippen molar-refractivity contribution >= 4 is 5.91 Å². The van der Waals surface area contributed by atoms with Crippen molar-refractivity contribution in [3.63, 3.8) is 0 Å². The summed E-state index contributed by atoms with van der Waals surface area (Å²) in [6.45, 7) is 1.39. The highest BCUT2D eigenvalue weighted by Gasteiger charge is 2.46. The maximum absolute atomic E-state index is 11.5. The molecule has 4 unspecified atom stereocenters. The Morgan fingerprint density at radius 2 is 1.36 bits per heavy atom. The first kappa shape index (κ1) is 24.3. The number of hydrogen-bond acceptors (Lipinski definition) is 6. The largest absolute Gasteiger partial charge is 0.394 e.